The number of hydroxylamine groups is 1. The molecular formula is C24H40N2O3. The monoisotopic (exact) mass is 404 g/mol. The molecule has 0 aromatic heterocycles. The molecule has 3 saturated carbocycles. The molecule has 0 radical (unpaired) electrons. The Bertz CT molecular complexity index is 650. The van der Waals surface area contributed by atoms with E-state index < -0.39 is 0 Å². The minimum atomic E-state index is -0.0945. The molecule has 0 bridgehead atoms. The fourth-order valence-electron chi connectivity index (χ4n) is 7.61. The van der Waals surface area contributed by atoms with E-state index in [1.165, 1.54) is 12.1 Å². The van der Waals surface area contributed by atoms with Gasteiger partial charge in [0.25, 0.3) is 0 Å². The van der Waals surface area contributed by atoms with Gasteiger partial charge in [-0.3, -0.25) is 15.1 Å². The number of ketones is 1. The van der Waals surface area contributed by atoms with Crippen LogP contribution in [0.4, 0.5) is 0 Å². The summed E-state index contributed by atoms with van der Waals surface area (Å²) in [6.45, 7) is 6.60. The zero-order chi connectivity index (χ0) is 20.6. The van der Waals surface area contributed by atoms with Gasteiger partial charge in [-0.05, 0) is 93.5 Å². The van der Waals surface area contributed by atoms with Crippen molar-refractivity contribution in [3.63, 3.8) is 0 Å². The highest BCUT2D eigenvalue weighted by atomic mass is 16.6. The fourth-order valence-corrected chi connectivity index (χ4v) is 7.61. The van der Waals surface area contributed by atoms with E-state index in [-0.39, 0.29) is 17.4 Å². The highest BCUT2D eigenvalue weighted by Gasteiger charge is 2.61. The maximum Gasteiger partial charge on any atom is 0.139 e. The molecule has 0 aromatic rings. The predicted octanol–water partition coefficient (Wildman–Crippen LogP) is 3.44. The quantitative estimate of drug-likeness (QED) is 0.448. The van der Waals surface area contributed by atoms with Crippen LogP contribution in [0.15, 0.2) is 11.8 Å². The van der Waals surface area contributed by atoms with Crippen LogP contribution >= 0.6 is 0 Å². The molecule has 5 nitrogen and oxygen atoms in total. The van der Waals surface area contributed by atoms with E-state index in [4.69, 9.17) is 4.84 Å². The number of aliphatic hydroxyl groups is 1. The average molecular weight is 405 g/mol. The molecule has 0 aliphatic heterocycles. The second kappa shape index (κ2) is 8.32. The highest BCUT2D eigenvalue weighted by Crippen LogP contribution is 2.66. The van der Waals surface area contributed by atoms with Gasteiger partial charge in [0, 0.05) is 24.1 Å². The maximum atomic E-state index is 12.6. The summed E-state index contributed by atoms with van der Waals surface area (Å²) in [5.74, 6) is 2.99. The van der Waals surface area contributed by atoms with E-state index in [0.717, 1.165) is 51.5 Å². The molecule has 5 heteroatoms. The molecular weight excluding hydrogens is 364 g/mol. The first kappa shape index (κ1) is 21.3. The number of carbonyl (C=O) groups is 1. The van der Waals surface area contributed by atoms with Crippen molar-refractivity contribution in [1.82, 2.24) is 10.8 Å². The van der Waals surface area contributed by atoms with Crippen LogP contribution in [-0.4, -0.2) is 37.7 Å². The van der Waals surface area contributed by atoms with E-state index in [9.17, 15) is 9.90 Å². The van der Waals surface area contributed by atoms with Gasteiger partial charge in [-0.2, -0.15) is 0 Å². The molecule has 3 fully saturated rings. The first-order chi connectivity index (χ1) is 13.9. The number of carbonyl (C=O) groups excluding carboxylic acids is 1. The maximum absolute atomic E-state index is 12.6. The molecule has 4 aliphatic carbocycles. The third-order valence-electron chi connectivity index (χ3n) is 9.26. The first-order valence-electron chi connectivity index (χ1n) is 11.8. The van der Waals surface area contributed by atoms with E-state index in [1.807, 2.05) is 7.05 Å². The van der Waals surface area contributed by atoms with Crippen molar-refractivity contribution in [3.8, 4) is 0 Å². The van der Waals surface area contributed by atoms with Gasteiger partial charge in [0.05, 0.1) is 6.61 Å². The molecule has 0 heterocycles. The zero-order valence-corrected chi connectivity index (χ0v) is 18.5. The summed E-state index contributed by atoms with van der Waals surface area (Å²) in [5, 5.41) is 13.4. The van der Waals surface area contributed by atoms with Crippen LogP contribution in [0, 0.1) is 40.4 Å². The largest absolute Gasteiger partial charge is 0.396 e. The minimum absolute atomic E-state index is 0.0945. The van der Waals surface area contributed by atoms with Crippen molar-refractivity contribution >= 4 is 5.78 Å². The molecule has 0 saturated heterocycles. The van der Waals surface area contributed by atoms with Crippen molar-refractivity contribution in [2.24, 2.45) is 40.4 Å². The summed E-state index contributed by atoms with van der Waals surface area (Å²) >= 11 is 0. The SMILES string of the molecule is CNCCCONC1=CC2[C@@H](CO)C[C@@H]3[C@H](CC[C@]4(C)C(=O)CC[C@@H]34)[C@@]2(C)CC1. The lowest BCUT2D eigenvalue weighted by Crippen LogP contribution is -2.55. The third-order valence-corrected chi connectivity index (χ3v) is 9.26. The van der Waals surface area contributed by atoms with Crippen molar-refractivity contribution in [3.05, 3.63) is 11.8 Å². The van der Waals surface area contributed by atoms with Gasteiger partial charge in [-0.15, -0.1) is 0 Å². The van der Waals surface area contributed by atoms with Crippen molar-refractivity contribution in [2.75, 3.05) is 26.8 Å². The van der Waals surface area contributed by atoms with Gasteiger partial charge in [0.1, 0.15) is 5.78 Å². The molecule has 0 aromatic carbocycles. The molecule has 164 valence electrons. The topological polar surface area (TPSA) is 70.6 Å². The van der Waals surface area contributed by atoms with E-state index in [2.05, 4.69) is 30.7 Å². The van der Waals surface area contributed by atoms with Crippen LogP contribution < -0.4 is 10.8 Å². The minimum Gasteiger partial charge on any atom is -0.396 e. The van der Waals surface area contributed by atoms with Crippen LogP contribution in [0.5, 0.6) is 0 Å². The zero-order valence-electron chi connectivity index (χ0n) is 18.5. The average Bonchev–Trinajstić information content (AvgIpc) is 3.02. The van der Waals surface area contributed by atoms with Crippen LogP contribution in [0.3, 0.4) is 0 Å². The number of Topliss-reactive ketones (excluding diaryl/α,β-unsaturated/α-hetero) is 1. The Labute approximate surface area is 176 Å². The van der Waals surface area contributed by atoms with Gasteiger partial charge in [-0.25, -0.2) is 0 Å². The lowest BCUT2D eigenvalue weighted by Gasteiger charge is -2.60. The van der Waals surface area contributed by atoms with Crippen LogP contribution in [0.2, 0.25) is 0 Å². The Balaban J connectivity index is 1.51. The van der Waals surface area contributed by atoms with Crippen LogP contribution in [0.25, 0.3) is 0 Å². The lowest BCUT2D eigenvalue weighted by atomic mass is 9.44. The van der Waals surface area contributed by atoms with Gasteiger partial charge in [-0.1, -0.05) is 19.9 Å². The Hall–Kier alpha value is -0.910. The molecule has 1 unspecified atom stereocenters. The smallest absolute Gasteiger partial charge is 0.139 e. The number of hydrogen-bond acceptors (Lipinski definition) is 5. The van der Waals surface area contributed by atoms with E-state index in [0.29, 0.717) is 42.0 Å². The summed E-state index contributed by atoms with van der Waals surface area (Å²) in [6.07, 6.45) is 10.7. The van der Waals surface area contributed by atoms with Crippen LogP contribution in [0.1, 0.15) is 65.2 Å². The fraction of sp³-hybridized carbons (Fsp3) is 0.875. The third kappa shape index (κ3) is 3.57. The predicted molar refractivity (Wildman–Crippen MR) is 114 cm³/mol. The number of fused-ring (bicyclic) bond motifs is 5. The van der Waals surface area contributed by atoms with Crippen molar-refractivity contribution < 1.29 is 14.7 Å². The standard InChI is InChI=1S/C24H40N2O3/c1-23-9-7-17(26-29-12-4-11-25-3)14-21(23)16(15-27)13-18-19-5-6-22(28)24(19,2)10-8-20(18)23/h14,16,18-21,25-27H,4-13,15H2,1-3H3/t16-,18+,19+,20+,21?,23-,24+/m1/s1. The molecule has 0 spiro atoms. The summed E-state index contributed by atoms with van der Waals surface area (Å²) in [6, 6.07) is 0. The summed E-state index contributed by atoms with van der Waals surface area (Å²) in [5.41, 5.74) is 4.52. The highest BCUT2D eigenvalue weighted by molar-refractivity contribution is 5.87. The summed E-state index contributed by atoms with van der Waals surface area (Å²) in [4.78, 5) is 18.3. The Morgan fingerprint density at radius 3 is 2.79 bits per heavy atom. The molecule has 29 heavy (non-hydrogen) atoms. The molecule has 3 N–H and O–H groups in total. The van der Waals surface area contributed by atoms with Crippen molar-refractivity contribution in [1.29, 1.82) is 0 Å². The van der Waals surface area contributed by atoms with E-state index in [1.54, 1.807) is 0 Å². The van der Waals surface area contributed by atoms with Gasteiger partial charge in [0.2, 0.25) is 0 Å². The molecule has 7 atom stereocenters. The summed E-state index contributed by atoms with van der Waals surface area (Å²) < 4.78 is 0. The second-order valence-electron chi connectivity index (χ2n) is 10.6. The van der Waals surface area contributed by atoms with Gasteiger partial charge >= 0.3 is 0 Å². The molecule has 4 aliphatic rings. The first-order valence-corrected chi connectivity index (χ1v) is 11.8. The number of hydrogen-bond donors (Lipinski definition) is 3. The summed E-state index contributed by atoms with van der Waals surface area (Å²) in [7, 11) is 1.96. The van der Waals surface area contributed by atoms with Gasteiger partial charge < -0.3 is 10.4 Å². The number of rotatable bonds is 7. The van der Waals surface area contributed by atoms with Crippen molar-refractivity contribution in [2.45, 2.75) is 65.2 Å². The number of nitrogens with one attached hydrogen (secondary N) is 2. The second-order valence-corrected chi connectivity index (χ2v) is 10.6. The Morgan fingerprint density at radius 1 is 1.21 bits per heavy atom. The molecule has 0 amide bonds. The number of aliphatic hydroxyl groups excluding tert-OH is 1. The van der Waals surface area contributed by atoms with Crippen LogP contribution in [-0.2, 0) is 9.63 Å². The Morgan fingerprint density at radius 2 is 2.03 bits per heavy atom. The van der Waals surface area contributed by atoms with E-state index >= 15 is 0 Å². The van der Waals surface area contributed by atoms with Gasteiger partial charge in [0.15, 0.2) is 0 Å². The Kier molecular flexibility index (Phi) is 6.12. The molecule has 4 rings (SSSR count). The lowest BCUT2D eigenvalue weighted by molar-refractivity contribution is -0.141. The normalized spacial score (nSPS) is 43.9. The number of allylic oxidation sites excluding steroid dienone is 2.